The molecule has 0 heterocycles. The molecule has 0 bridgehead atoms. The van der Waals surface area contributed by atoms with Gasteiger partial charge in [0, 0.05) is 0 Å². The van der Waals surface area contributed by atoms with Crippen LogP contribution in [0.5, 0.6) is 17.2 Å². The molecule has 150 valence electrons. The van der Waals surface area contributed by atoms with Gasteiger partial charge < -0.3 is 24.3 Å². The molecule has 2 rings (SSSR count). The predicted octanol–water partition coefficient (Wildman–Crippen LogP) is 2.60. The zero-order valence-corrected chi connectivity index (χ0v) is 15.8. The number of esters is 1. The molecule has 0 saturated heterocycles. The summed E-state index contributed by atoms with van der Waals surface area (Å²) in [6.45, 7) is -0.494. The summed E-state index contributed by atoms with van der Waals surface area (Å²) in [6, 6.07) is 10.6. The summed E-state index contributed by atoms with van der Waals surface area (Å²) in [5.41, 5.74) is 0. The Morgan fingerprint density at radius 2 is 1.79 bits per heavy atom. The Bertz CT molecular complexity index is 817. The van der Waals surface area contributed by atoms with E-state index >= 15 is 0 Å². The summed E-state index contributed by atoms with van der Waals surface area (Å²) in [6.07, 6.45) is 0. The highest BCUT2D eigenvalue weighted by Crippen LogP contribution is 2.25. The van der Waals surface area contributed by atoms with Gasteiger partial charge in [0.05, 0.1) is 18.7 Å². The van der Waals surface area contributed by atoms with Crippen LogP contribution in [0.4, 0.5) is 4.39 Å². The molecule has 0 atom stereocenters. The van der Waals surface area contributed by atoms with Gasteiger partial charge in [-0.15, -0.1) is 0 Å². The minimum Gasteiger partial charge on any atom is -0.493 e. The fraction of sp³-hybridized carbons (Fsp3) is 0.263. The first-order valence-corrected chi connectivity index (χ1v) is 8.63. The maximum Gasteiger partial charge on any atom is 0.344 e. The van der Waals surface area contributed by atoms with Crippen LogP contribution >= 0.6 is 11.6 Å². The van der Waals surface area contributed by atoms with Gasteiger partial charge in [-0.25, -0.2) is 9.18 Å². The molecule has 0 aliphatic carbocycles. The summed E-state index contributed by atoms with van der Waals surface area (Å²) in [5, 5.41) is 2.58. The highest BCUT2D eigenvalue weighted by atomic mass is 35.5. The van der Waals surface area contributed by atoms with Crippen molar-refractivity contribution in [2.75, 3.05) is 33.5 Å². The average molecular weight is 412 g/mol. The molecule has 2 aromatic rings. The van der Waals surface area contributed by atoms with Gasteiger partial charge in [-0.05, 0) is 30.3 Å². The van der Waals surface area contributed by atoms with Gasteiger partial charge in [-0.1, -0.05) is 23.7 Å². The van der Waals surface area contributed by atoms with Gasteiger partial charge in [-0.3, -0.25) is 4.79 Å². The molecule has 0 aromatic heterocycles. The number of ether oxygens (including phenoxy) is 4. The van der Waals surface area contributed by atoms with Gasteiger partial charge in [0.2, 0.25) is 0 Å². The first-order chi connectivity index (χ1) is 13.5. The molecule has 0 saturated carbocycles. The Morgan fingerprint density at radius 1 is 1.04 bits per heavy atom. The summed E-state index contributed by atoms with van der Waals surface area (Å²) in [4.78, 5) is 23.3. The molecule has 1 N–H and O–H groups in total. The minimum atomic E-state index is -0.763. The van der Waals surface area contributed by atoms with Crippen LogP contribution in [0, 0.1) is 5.82 Å². The van der Waals surface area contributed by atoms with Crippen molar-refractivity contribution in [3.63, 3.8) is 0 Å². The highest BCUT2D eigenvalue weighted by Gasteiger charge is 2.10. The topological polar surface area (TPSA) is 83.1 Å². The molecule has 0 aliphatic heterocycles. The second-order valence-corrected chi connectivity index (χ2v) is 5.78. The quantitative estimate of drug-likeness (QED) is 0.478. The Balaban J connectivity index is 1.62. The summed E-state index contributed by atoms with van der Waals surface area (Å²) < 4.78 is 33.5. The lowest BCUT2D eigenvalue weighted by molar-refractivity contribution is -0.150. The van der Waals surface area contributed by atoms with Crippen LogP contribution in [0.2, 0.25) is 5.02 Å². The number of para-hydroxylation sites is 2. The van der Waals surface area contributed by atoms with Crippen molar-refractivity contribution in [1.29, 1.82) is 0 Å². The van der Waals surface area contributed by atoms with E-state index in [1.165, 1.54) is 13.2 Å². The van der Waals surface area contributed by atoms with E-state index in [9.17, 15) is 14.0 Å². The zero-order chi connectivity index (χ0) is 20.4. The molecule has 0 unspecified atom stereocenters. The summed E-state index contributed by atoms with van der Waals surface area (Å²) >= 11 is 5.77. The molecule has 0 spiro atoms. The zero-order valence-electron chi connectivity index (χ0n) is 15.1. The molecule has 2 aromatic carbocycles. The third-order valence-corrected chi connectivity index (χ3v) is 3.65. The van der Waals surface area contributed by atoms with E-state index < -0.39 is 30.9 Å². The Hall–Kier alpha value is -3.00. The second kappa shape index (κ2) is 11.0. The van der Waals surface area contributed by atoms with E-state index in [2.05, 4.69) is 5.32 Å². The summed E-state index contributed by atoms with van der Waals surface area (Å²) in [5.74, 6) is -0.492. The van der Waals surface area contributed by atoms with Gasteiger partial charge >= 0.3 is 5.97 Å². The molecular weight excluding hydrogens is 393 g/mol. The fourth-order valence-corrected chi connectivity index (χ4v) is 2.28. The van der Waals surface area contributed by atoms with Crippen LogP contribution in [0.3, 0.4) is 0 Å². The van der Waals surface area contributed by atoms with Crippen molar-refractivity contribution in [2.45, 2.75) is 0 Å². The van der Waals surface area contributed by atoms with Crippen LogP contribution in [0.1, 0.15) is 0 Å². The van der Waals surface area contributed by atoms with E-state index in [4.69, 9.17) is 30.5 Å². The number of methoxy groups -OCH3 is 1. The first kappa shape index (κ1) is 21.3. The lowest BCUT2D eigenvalue weighted by atomic mass is 10.3. The summed E-state index contributed by atoms with van der Waals surface area (Å²) in [7, 11) is 1.53. The molecule has 9 heteroatoms. The largest absolute Gasteiger partial charge is 0.493 e. The van der Waals surface area contributed by atoms with E-state index in [1.54, 1.807) is 18.2 Å². The number of rotatable bonds is 10. The molecule has 0 fully saturated rings. The Labute approximate surface area is 166 Å². The molecule has 1 amide bonds. The number of carbonyl (C=O) groups is 2. The van der Waals surface area contributed by atoms with Crippen LogP contribution in [0.25, 0.3) is 0 Å². The van der Waals surface area contributed by atoms with Gasteiger partial charge in [0.25, 0.3) is 5.91 Å². The van der Waals surface area contributed by atoms with Crippen LogP contribution in [-0.2, 0) is 14.3 Å². The SMILES string of the molecule is COc1ccccc1OCCNC(=O)COC(=O)COc1ccc(F)cc1Cl. The minimum absolute atomic E-state index is 0.0283. The number of nitrogens with one attached hydrogen (secondary N) is 1. The first-order valence-electron chi connectivity index (χ1n) is 8.25. The van der Waals surface area contributed by atoms with Gasteiger partial charge in [0.15, 0.2) is 24.7 Å². The third kappa shape index (κ3) is 6.96. The average Bonchev–Trinajstić information content (AvgIpc) is 2.69. The number of carbonyl (C=O) groups excluding carboxylic acids is 2. The van der Waals surface area contributed by atoms with Crippen molar-refractivity contribution in [3.8, 4) is 17.2 Å². The van der Waals surface area contributed by atoms with Crippen molar-refractivity contribution < 1.29 is 32.9 Å². The lowest BCUT2D eigenvalue weighted by Gasteiger charge is -2.11. The standard InChI is InChI=1S/C19H19ClFNO6/c1-25-16-4-2-3-5-17(16)26-9-8-22-18(23)11-28-19(24)12-27-15-7-6-13(21)10-14(15)20/h2-7,10H,8-9,11-12H2,1H3,(H,22,23). The maximum absolute atomic E-state index is 12.9. The maximum atomic E-state index is 12.9. The number of halogens is 2. The number of benzene rings is 2. The molecule has 0 radical (unpaired) electrons. The number of hydrogen-bond donors (Lipinski definition) is 1. The van der Waals surface area contributed by atoms with Crippen LogP contribution < -0.4 is 19.5 Å². The van der Waals surface area contributed by atoms with Gasteiger partial charge in [0.1, 0.15) is 18.2 Å². The smallest absolute Gasteiger partial charge is 0.344 e. The van der Waals surface area contributed by atoms with Crippen molar-refractivity contribution >= 4 is 23.5 Å². The van der Waals surface area contributed by atoms with Crippen LogP contribution in [-0.4, -0.2) is 45.4 Å². The number of hydrogen-bond acceptors (Lipinski definition) is 6. The normalized spacial score (nSPS) is 10.1. The van der Waals surface area contributed by atoms with Crippen molar-refractivity contribution in [2.24, 2.45) is 0 Å². The second-order valence-electron chi connectivity index (χ2n) is 5.37. The predicted molar refractivity (Wildman–Crippen MR) is 99.4 cm³/mol. The lowest BCUT2D eigenvalue weighted by Crippen LogP contribution is -2.32. The van der Waals surface area contributed by atoms with E-state index in [-0.39, 0.29) is 23.9 Å². The third-order valence-electron chi connectivity index (χ3n) is 3.35. The fourth-order valence-electron chi connectivity index (χ4n) is 2.06. The Kier molecular flexibility index (Phi) is 8.36. The van der Waals surface area contributed by atoms with Crippen LogP contribution in [0.15, 0.2) is 42.5 Å². The van der Waals surface area contributed by atoms with E-state index in [0.29, 0.717) is 11.5 Å². The molecule has 28 heavy (non-hydrogen) atoms. The molecular formula is C19H19ClFNO6. The monoisotopic (exact) mass is 411 g/mol. The van der Waals surface area contributed by atoms with E-state index in [0.717, 1.165) is 12.1 Å². The Morgan fingerprint density at radius 3 is 2.50 bits per heavy atom. The molecule has 7 nitrogen and oxygen atoms in total. The molecule has 0 aliphatic rings. The van der Waals surface area contributed by atoms with E-state index in [1.807, 2.05) is 6.07 Å². The van der Waals surface area contributed by atoms with Gasteiger partial charge in [-0.2, -0.15) is 0 Å². The van der Waals surface area contributed by atoms with Crippen molar-refractivity contribution in [3.05, 3.63) is 53.3 Å². The number of amides is 1. The van der Waals surface area contributed by atoms with Crippen molar-refractivity contribution in [1.82, 2.24) is 5.32 Å². The highest BCUT2D eigenvalue weighted by molar-refractivity contribution is 6.32.